The van der Waals surface area contributed by atoms with E-state index < -0.39 is 6.10 Å². The molecule has 4 nitrogen and oxygen atoms in total. The minimum absolute atomic E-state index is 0.0206. The average molecular weight is 259 g/mol. The molecule has 1 unspecified atom stereocenters. The molecular weight excluding hydrogens is 241 g/mol. The predicted molar refractivity (Wildman–Crippen MR) is 75.5 cm³/mol. The van der Waals surface area contributed by atoms with Crippen LogP contribution in [0.3, 0.4) is 0 Å². The van der Waals surface area contributed by atoms with Crippen molar-refractivity contribution < 1.29 is 14.3 Å². The summed E-state index contributed by atoms with van der Waals surface area (Å²) in [5.41, 5.74) is 2.42. The number of ether oxygens (including phenoxy) is 2. The van der Waals surface area contributed by atoms with Gasteiger partial charge in [-0.2, -0.15) is 0 Å². The van der Waals surface area contributed by atoms with Crippen molar-refractivity contribution in [2.75, 3.05) is 25.2 Å². The molecule has 1 aliphatic heterocycles. The van der Waals surface area contributed by atoms with Crippen LogP contribution in [0.25, 0.3) is 0 Å². The van der Waals surface area contributed by atoms with E-state index >= 15 is 0 Å². The topological polar surface area (TPSA) is 38.8 Å². The maximum Gasteiger partial charge on any atom is 0.267 e. The van der Waals surface area contributed by atoms with E-state index in [2.05, 4.69) is 0 Å². The number of hydrogen-bond acceptors (Lipinski definition) is 3. The Balaban J connectivity index is 2.32. The van der Waals surface area contributed by atoms with E-state index in [1.54, 1.807) is 25.0 Å². The Morgan fingerprint density at radius 1 is 1.47 bits per heavy atom. The molecule has 1 atom stereocenters. The zero-order valence-corrected chi connectivity index (χ0v) is 11.6. The number of hydrogen-bond donors (Lipinski definition) is 0. The normalized spacial score (nSPS) is 18.2. The first-order chi connectivity index (χ1) is 9.04. The molecule has 0 spiro atoms. The molecule has 1 aromatic rings. The van der Waals surface area contributed by atoms with E-state index in [-0.39, 0.29) is 5.91 Å². The molecule has 0 aliphatic carbocycles. The summed E-state index contributed by atoms with van der Waals surface area (Å²) < 4.78 is 10.7. The summed E-state index contributed by atoms with van der Waals surface area (Å²) in [5, 5.41) is 0. The highest BCUT2D eigenvalue weighted by Gasteiger charge is 2.31. The van der Waals surface area contributed by atoms with E-state index in [1.165, 1.54) is 0 Å². The van der Waals surface area contributed by atoms with Gasteiger partial charge in [0.05, 0.1) is 5.69 Å². The zero-order valence-electron chi connectivity index (χ0n) is 11.6. The fourth-order valence-corrected chi connectivity index (χ4v) is 2.17. The van der Waals surface area contributed by atoms with Crippen LogP contribution in [0.1, 0.15) is 18.9 Å². The Morgan fingerprint density at radius 2 is 2.21 bits per heavy atom. The number of nitrogens with zero attached hydrogens (tertiary/aromatic N) is 1. The molecule has 0 bridgehead atoms. The summed E-state index contributed by atoms with van der Waals surface area (Å²) in [5.74, 6) is 0.653. The van der Waals surface area contributed by atoms with Crippen molar-refractivity contribution >= 4 is 24.9 Å². The fourth-order valence-electron chi connectivity index (χ4n) is 2.17. The molecule has 1 aromatic carbocycles. The van der Waals surface area contributed by atoms with Crippen LogP contribution < -0.4 is 15.1 Å². The van der Waals surface area contributed by atoms with Crippen molar-refractivity contribution in [2.45, 2.75) is 26.4 Å². The van der Waals surface area contributed by atoms with Gasteiger partial charge in [0, 0.05) is 20.3 Å². The lowest BCUT2D eigenvalue weighted by atomic mass is 9.90. The number of carbonyl (C=O) groups excluding carboxylic acids is 1. The number of anilines is 1. The number of carbonyl (C=O) groups is 1. The number of fused-ring (bicyclic) bond motifs is 1. The largest absolute Gasteiger partial charge is 0.479 e. The average Bonchev–Trinajstić information content (AvgIpc) is 2.37. The molecule has 0 aromatic heterocycles. The van der Waals surface area contributed by atoms with Crippen LogP contribution in [-0.4, -0.2) is 40.1 Å². The number of rotatable bonds is 4. The monoisotopic (exact) mass is 259 g/mol. The molecule has 1 heterocycles. The van der Waals surface area contributed by atoms with Gasteiger partial charge in [-0.1, -0.05) is 11.0 Å². The third-order valence-electron chi connectivity index (χ3n) is 3.29. The second-order valence-electron chi connectivity index (χ2n) is 4.77. The molecular formula is C14H18BNO3. The molecule has 0 saturated heterocycles. The fraction of sp³-hybridized carbons (Fsp3) is 0.500. The first kappa shape index (κ1) is 13.9. The maximum atomic E-state index is 12.2. The number of aryl methyl sites for hydroxylation is 1. The van der Waals surface area contributed by atoms with Crippen molar-refractivity contribution in [1.29, 1.82) is 0 Å². The van der Waals surface area contributed by atoms with Crippen LogP contribution in [0.15, 0.2) is 12.1 Å². The number of amides is 1. The molecule has 1 aliphatic rings. The molecule has 0 saturated carbocycles. The third kappa shape index (κ3) is 2.76. The highest BCUT2D eigenvalue weighted by atomic mass is 16.5. The van der Waals surface area contributed by atoms with Crippen LogP contribution >= 0.6 is 0 Å². The molecule has 2 radical (unpaired) electrons. The first-order valence-electron chi connectivity index (χ1n) is 6.41. The Kier molecular flexibility index (Phi) is 4.15. The van der Waals surface area contributed by atoms with Crippen LogP contribution in [0.4, 0.5) is 5.69 Å². The number of methoxy groups -OCH3 is 1. The molecule has 5 heteroatoms. The van der Waals surface area contributed by atoms with Gasteiger partial charge in [0.15, 0.2) is 6.10 Å². The Morgan fingerprint density at radius 3 is 2.89 bits per heavy atom. The molecule has 100 valence electrons. The van der Waals surface area contributed by atoms with E-state index in [9.17, 15) is 4.79 Å². The van der Waals surface area contributed by atoms with Gasteiger partial charge < -0.3 is 14.4 Å². The van der Waals surface area contributed by atoms with Gasteiger partial charge in [-0.25, -0.2) is 0 Å². The summed E-state index contributed by atoms with van der Waals surface area (Å²) in [4.78, 5) is 14.0. The third-order valence-corrected chi connectivity index (χ3v) is 3.29. The molecule has 1 amide bonds. The molecule has 2 rings (SSSR count). The second kappa shape index (κ2) is 5.65. The number of benzene rings is 1. The highest BCUT2D eigenvalue weighted by Crippen LogP contribution is 2.34. The summed E-state index contributed by atoms with van der Waals surface area (Å²) >= 11 is 0. The minimum Gasteiger partial charge on any atom is -0.479 e. The van der Waals surface area contributed by atoms with Crippen molar-refractivity contribution in [1.82, 2.24) is 0 Å². The summed E-state index contributed by atoms with van der Waals surface area (Å²) in [7, 11) is 7.54. The van der Waals surface area contributed by atoms with Crippen LogP contribution in [0.2, 0.25) is 0 Å². The summed E-state index contributed by atoms with van der Waals surface area (Å²) in [6, 6.07) is 3.69. The molecule has 0 fully saturated rings. The zero-order chi connectivity index (χ0) is 14.0. The van der Waals surface area contributed by atoms with E-state index in [1.807, 2.05) is 13.0 Å². The Bertz CT molecular complexity index is 490. The smallest absolute Gasteiger partial charge is 0.267 e. The Labute approximate surface area is 115 Å². The van der Waals surface area contributed by atoms with Gasteiger partial charge in [0.2, 0.25) is 0 Å². The van der Waals surface area contributed by atoms with Gasteiger partial charge in [-0.3, -0.25) is 4.79 Å². The van der Waals surface area contributed by atoms with Gasteiger partial charge in [-0.05, 0) is 32.4 Å². The lowest BCUT2D eigenvalue weighted by Gasteiger charge is -2.33. The van der Waals surface area contributed by atoms with Gasteiger partial charge in [-0.15, -0.1) is 0 Å². The standard InChI is InChI=1S/C14H18BNO3/c1-9-7-12-13(8-11(9)15)19-10(2)14(17)16(12)5-4-6-18-3/h7-8,10H,4-6H2,1-3H3. The first-order valence-corrected chi connectivity index (χ1v) is 6.41. The quantitative estimate of drug-likeness (QED) is 0.596. The van der Waals surface area contributed by atoms with Crippen LogP contribution in [0.5, 0.6) is 5.75 Å². The van der Waals surface area contributed by atoms with E-state index in [4.69, 9.17) is 17.3 Å². The predicted octanol–water partition coefficient (Wildman–Crippen LogP) is 0.939. The highest BCUT2D eigenvalue weighted by molar-refractivity contribution is 6.33. The molecule has 19 heavy (non-hydrogen) atoms. The lowest BCUT2D eigenvalue weighted by Crippen LogP contribution is -2.45. The molecule has 0 N–H and O–H groups in total. The van der Waals surface area contributed by atoms with Crippen molar-refractivity contribution in [3.05, 3.63) is 17.7 Å². The maximum absolute atomic E-state index is 12.2. The van der Waals surface area contributed by atoms with Crippen molar-refractivity contribution in [3.63, 3.8) is 0 Å². The Hall–Kier alpha value is -1.49. The van der Waals surface area contributed by atoms with Crippen LogP contribution in [-0.2, 0) is 9.53 Å². The van der Waals surface area contributed by atoms with Gasteiger partial charge in [0.1, 0.15) is 13.6 Å². The van der Waals surface area contributed by atoms with E-state index in [0.717, 1.165) is 17.7 Å². The van der Waals surface area contributed by atoms with Gasteiger partial charge >= 0.3 is 0 Å². The van der Waals surface area contributed by atoms with Gasteiger partial charge in [0.25, 0.3) is 5.91 Å². The lowest BCUT2D eigenvalue weighted by molar-refractivity contribution is -0.125. The summed E-state index contributed by atoms with van der Waals surface area (Å²) in [6.45, 7) is 4.93. The summed E-state index contributed by atoms with van der Waals surface area (Å²) in [6.07, 6.45) is 0.315. The van der Waals surface area contributed by atoms with E-state index in [0.29, 0.717) is 24.4 Å². The SMILES string of the molecule is [B]c1cc2c(cc1C)N(CCCOC)C(=O)C(C)O2. The van der Waals surface area contributed by atoms with Crippen LogP contribution in [0, 0.1) is 6.92 Å². The van der Waals surface area contributed by atoms with Crippen molar-refractivity contribution in [2.24, 2.45) is 0 Å². The second-order valence-corrected chi connectivity index (χ2v) is 4.77. The minimum atomic E-state index is -0.475. The van der Waals surface area contributed by atoms with Crippen molar-refractivity contribution in [3.8, 4) is 5.75 Å².